The van der Waals surface area contributed by atoms with Gasteiger partial charge in [-0.2, -0.15) is 0 Å². The van der Waals surface area contributed by atoms with Gasteiger partial charge in [-0.15, -0.1) is 0 Å². The number of rotatable bonds is 25. The number of allylic oxidation sites excluding steroid dienone is 1. The lowest BCUT2D eigenvalue weighted by Gasteiger charge is -2.27. The third-order valence-electron chi connectivity index (χ3n) is 6.70. The predicted molar refractivity (Wildman–Crippen MR) is 158 cm³/mol. The number of hydrogen-bond donors (Lipinski definition) is 0. The highest BCUT2D eigenvalue weighted by Gasteiger charge is 2.34. The summed E-state index contributed by atoms with van der Waals surface area (Å²) in [6, 6.07) is 0. The fourth-order valence-electron chi connectivity index (χ4n) is 4.55. The van der Waals surface area contributed by atoms with Crippen molar-refractivity contribution in [1.29, 1.82) is 0 Å². The monoisotopic (exact) mass is 536 g/mol. The van der Waals surface area contributed by atoms with Crippen LogP contribution in [0, 0.1) is 0 Å². The van der Waals surface area contributed by atoms with Gasteiger partial charge in [0, 0.05) is 7.26 Å². The molecule has 0 aliphatic rings. The number of hydrogen-bond acceptors (Lipinski definition) is 4. The summed E-state index contributed by atoms with van der Waals surface area (Å²) in [4.78, 5) is 0. The Morgan fingerprint density at radius 2 is 0.971 bits per heavy atom. The Hall–Kier alpha value is 0.0400. The lowest BCUT2D eigenvalue weighted by molar-refractivity contribution is 0.255. The molecule has 0 aliphatic carbocycles. The molecule has 0 aliphatic heterocycles. The van der Waals surface area contributed by atoms with Gasteiger partial charge in [0.25, 0.3) is 0 Å². The highest BCUT2D eigenvalue weighted by atomic mass is 32.3. The van der Waals surface area contributed by atoms with Gasteiger partial charge in [0.1, 0.15) is 0 Å². The summed E-state index contributed by atoms with van der Waals surface area (Å²) < 4.78 is 34.0. The Morgan fingerprint density at radius 3 is 1.31 bits per heavy atom. The Morgan fingerprint density at radius 1 is 0.629 bits per heavy atom. The number of unbranched alkanes of at least 4 members (excludes halogenated alkanes) is 14. The minimum Gasteiger partial charge on any atom is -0.726 e. The first kappa shape index (κ1) is 37.2. The molecule has 0 saturated carbocycles. The zero-order valence-electron chi connectivity index (χ0n) is 24.0. The van der Waals surface area contributed by atoms with Crippen molar-refractivity contribution in [3.63, 3.8) is 0 Å². The topological polar surface area (TPSA) is 66.4 Å². The van der Waals surface area contributed by atoms with Gasteiger partial charge in [-0.1, -0.05) is 111 Å². The molecule has 6 heteroatoms. The highest BCUT2D eigenvalue weighted by molar-refractivity contribution is 7.80. The molecule has 0 aromatic carbocycles. The summed E-state index contributed by atoms with van der Waals surface area (Å²) in [6.07, 6.45) is 31.7. The maximum atomic E-state index is 9.99. The van der Waals surface area contributed by atoms with Crippen molar-refractivity contribution in [2.45, 2.75) is 143 Å². The molecule has 0 radical (unpaired) electrons. The van der Waals surface area contributed by atoms with Crippen molar-refractivity contribution < 1.29 is 17.2 Å². The van der Waals surface area contributed by atoms with Crippen LogP contribution in [0.2, 0.25) is 0 Å². The maximum Gasteiger partial charge on any atom is 0.217 e. The van der Waals surface area contributed by atoms with Crippen LogP contribution in [0.3, 0.4) is 0 Å². The summed E-state index contributed by atoms with van der Waals surface area (Å²) in [7, 11) is -5.21. The molecule has 0 atom stereocenters. The van der Waals surface area contributed by atoms with Gasteiger partial charge < -0.3 is 4.55 Å². The maximum absolute atomic E-state index is 9.99. The van der Waals surface area contributed by atoms with Crippen molar-refractivity contribution in [2.24, 2.45) is 0 Å². The third-order valence-corrected chi connectivity index (χ3v) is 12.0. The fourth-order valence-corrected chi connectivity index (χ4v) is 9.32. The fraction of sp³-hybridized carbons (Fsp3) is 0.931. The normalized spacial score (nSPS) is 11.8. The molecule has 0 unspecified atom stereocenters. The van der Waals surface area contributed by atoms with Crippen LogP contribution in [0.15, 0.2) is 12.7 Å². The first-order valence-electron chi connectivity index (χ1n) is 14.9. The van der Waals surface area contributed by atoms with E-state index in [-0.39, 0.29) is 6.61 Å². The molecule has 0 aromatic heterocycles. The molecule has 212 valence electrons. The van der Waals surface area contributed by atoms with E-state index >= 15 is 0 Å². The molecule has 0 bridgehead atoms. The lowest BCUT2D eigenvalue weighted by Crippen LogP contribution is -2.12. The molecule has 0 amide bonds. The van der Waals surface area contributed by atoms with Crippen LogP contribution in [0.25, 0.3) is 0 Å². The average Bonchev–Trinajstić information content (AvgIpc) is 2.82. The van der Waals surface area contributed by atoms with Crippen molar-refractivity contribution in [1.82, 2.24) is 0 Å². The van der Waals surface area contributed by atoms with Crippen molar-refractivity contribution in [2.75, 3.05) is 31.3 Å². The summed E-state index contributed by atoms with van der Waals surface area (Å²) in [5.74, 6) is 0. The molecular weight excluding hydrogens is 475 g/mol. The minimum atomic E-state index is -4.47. The first-order chi connectivity index (χ1) is 16.8. The van der Waals surface area contributed by atoms with Crippen LogP contribution in [0.1, 0.15) is 143 Å². The summed E-state index contributed by atoms with van der Waals surface area (Å²) in [5, 5.41) is 0. The van der Waals surface area contributed by atoms with E-state index in [1.54, 1.807) is 18.5 Å². The van der Waals surface area contributed by atoms with Gasteiger partial charge in [-0.25, -0.2) is 8.42 Å². The summed E-state index contributed by atoms with van der Waals surface area (Å²) in [6.45, 7) is 13.2. The van der Waals surface area contributed by atoms with Crippen molar-refractivity contribution in [3.05, 3.63) is 12.7 Å². The summed E-state index contributed by atoms with van der Waals surface area (Å²) in [5.41, 5.74) is 0. The van der Waals surface area contributed by atoms with E-state index in [0.717, 1.165) is 12.8 Å². The Balaban J connectivity index is 0. The smallest absolute Gasteiger partial charge is 0.217 e. The minimum absolute atomic E-state index is 0.0258. The van der Waals surface area contributed by atoms with Crippen LogP contribution >= 0.6 is 7.26 Å². The van der Waals surface area contributed by atoms with Gasteiger partial charge >= 0.3 is 0 Å². The highest BCUT2D eigenvalue weighted by Crippen LogP contribution is 2.60. The third kappa shape index (κ3) is 28.5. The largest absolute Gasteiger partial charge is 0.726 e. The van der Waals surface area contributed by atoms with Crippen LogP contribution in [-0.2, 0) is 14.6 Å². The molecule has 4 nitrogen and oxygen atoms in total. The van der Waals surface area contributed by atoms with E-state index < -0.39 is 17.7 Å². The van der Waals surface area contributed by atoms with Gasteiger partial charge in [0.05, 0.1) is 31.3 Å². The average molecular weight is 537 g/mol. The lowest BCUT2D eigenvalue weighted by atomic mass is 10.1. The summed E-state index contributed by atoms with van der Waals surface area (Å²) >= 11 is 0. The Labute approximate surface area is 221 Å². The van der Waals surface area contributed by atoms with Crippen LogP contribution in [0.5, 0.6) is 0 Å². The van der Waals surface area contributed by atoms with E-state index in [4.69, 9.17) is 0 Å². The second-order valence-corrected chi connectivity index (χ2v) is 15.6. The predicted octanol–water partition coefficient (Wildman–Crippen LogP) is 9.75. The Kier molecular flexibility index (Phi) is 28.8. The van der Waals surface area contributed by atoms with Crippen LogP contribution in [0.4, 0.5) is 0 Å². The van der Waals surface area contributed by atoms with E-state index in [2.05, 4.69) is 44.5 Å². The van der Waals surface area contributed by atoms with Crippen LogP contribution in [-0.4, -0.2) is 44.2 Å². The zero-order chi connectivity index (χ0) is 26.7. The first-order valence-corrected chi connectivity index (χ1v) is 18.7. The van der Waals surface area contributed by atoms with E-state index in [0.29, 0.717) is 6.42 Å². The van der Waals surface area contributed by atoms with E-state index in [1.165, 1.54) is 102 Å². The molecule has 0 aromatic rings. The van der Waals surface area contributed by atoms with Gasteiger partial charge in [-0.05, 0) is 44.9 Å². The van der Waals surface area contributed by atoms with E-state index in [9.17, 15) is 13.0 Å². The molecule has 0 saturated heterocycles. The van der Waals surface area contributed by atoms with Gasteiger partial charge in [0.2, 0.25) is 10.4 Å². The molecule has 0 spiro atoms. The molecule has 0 fully saturated rings. The Bertz CT molecular complexity index is 506. The van der Waals surface area contributed by atoms with Crippen molar-refractivity contribution in [3.8, 4) is 0 Å². The van der Waals surface area contributed by atoms with Crippen molar-refractivity contribution >= 4 is 17.7 Å². The van der Waals surface area contributed by atoms with E-state index in [1.807, 2.05) is 0 Å². The quantitative estimate of drug-likeness (QED) is 0.0383. The molecule has 0 heterocycles. The molecule has 0 rings (SSSR count). The molecule has 35 heavy (non-hydrogen) atoms. The van der Waals surface area contributed by atoms with Crippen LogP contribution < -0.4 is 0 Å². The molecule has 0 N–H and O–H groups in total. The zero-order valence-corrected chi connectivity index (χ0v) is 25.7. The molecular formula is C29H61O4PS. The second kappa shape index (κ2) is 27.1. The standard InChI is InChI=1S/C21H44P.C8H18O4S/c1-5-9-12-15-19-22(18-8-4,20-16-13-10-6-2)21-17-14-11-7-3;1-2-3-4-5-6-7-8-12-13(9,10)11/h8H,4-7,9-21H2,1-3H3;2-8H2,1H3,(H,9,10,11)/q+1;/p-1. The van der Waals surface area contributed by atoms with Gasteiger partial charge in [-0.3, -0.25) is 4.18 Å². The SMILES string of the molecule is C=CC[P+](CCCCCC)(CCCCCC)CCCCCC.CCCCCCCCOS(=O)(=O)[O-]. The second-order valence-electron chi connectivity index (χ2n) is 10.2. The van der Waals surface area contributed by atoms with Gasteiger partial charge in [0.15, 0.2) is 0 Å².